The monoisotopic (exact) mass is 592 g/mol. The number of rotatable bonds is 5. The van der Waals surface area contributed by atoms with E-state index in [9.17, 15) is 26.3 Å². The van der Waals surface area contributed by atoms with E-state index in [-0.39, 0.29) is 5.95 Å². The Kier molecular flexibility index (Phi) is 10.6. The lowest BCUT2D eigenvalue weighted by molar-refractivity contribution is -0.193. The molecule has 0 aliphatic heterocycles. The lowest BCUT2D eigenvalue weighted by atomic mass is 10.1. The molecule has 0 aliphatic rings. The third-order valence-corrected chi connectivity index (χ3v) is 5.28. The second kappa shape index (κ2) is 13.4. The Labute approximate surface area is 224 Å². The van der Waals surface area contributed by atoms with Crippen LogP contribution in [0.5, 0.6) is 11.5 Å². The number of aliphatic carboxylic acids is 2. The minimum absolute atomic E-state index is 0.263. The molecule has 2 heterocycles. The summed E-state index contributed by atoms with van der Waals surface area (Å²) in [5, 5.41) is 15.2. The van der Waals surface area contributed by atoms with Crippen LogP contribution in [0.4, 0.5) is 32.3 Å². The number of benzene rings is 2. The molecule has 0 atom stereocenters. The van der Waals surface area contributed by atoms with E-state index in [4.69, 9.17) is 35.0 Å². The summed E-state index contributed by atoms with van der Waals surface area (Å²) in [6.07, 6.45) is -8.51. The molecule has 4 N–H and O–H groups in total. The van der Waals surface area contributed by atoms with Crippen LogP contribution in [0.2, 0.25) is 0 Å². The number of hydrogen-bond donors (Lipinski definition) is 3. The first-order chi connectivity index (χ1) is 18.6. The summed E-state index contributed by atoms with van der Waals surface area (Å²) >= 11 is 1.60. The normalized spacial score (nSPS) is 11.0. The number of carboxylic acid groups (broad SMARTS) is 2. The van der Waals surface area contributed by atoms with Crippen LogP contribution in [0.25, 0.3) is 21.5 Å². The van der Waals surface area contributed by atoms with Crippen LogP contribution in [-0.4, -0.2) is 56.6 Å². The third-order valence-electron chi connectivity index (χ3n) is 4.29. The fourth-order valence-electron chi connectivity index (χ4n) is 2.56. The van der Waals surface area contributed by atoms with Gasteiger partial charge in [0.1, 0.15) is 23.1 Å². The van der Waals surface area contributed by atoms with E-state index in [0.29, 0.717) is 6.61 Å². The Bertz CT molecular complexity index is 1440. The second-order valence-electron chi connectivity index (χ2n) is 7.16. The van der Waals surface area contributed by atoms with Gasteiger partial charge in [-0.2, -0.15) is 26.3 Å². The number of aromatic nitrogens is 3. The lowest BCUT2D eigenvalue weighted by Crippen LogP contribution is -2.21. The number of fused-ring (bicyclic) bond motifs is 1. The van der Waals surface area contributed by atoms with Gasteiger partial charge in [0.2, 0.25) is 5.95 Å². The maximum Gasteiger partial charge on any atom is 0.490 e. The molecule has 2 aromatic carbocycles. The fraction of sp³-hybridized carbons (Fsp3) is 0.174. The van der Waals surface area contributed by atoms with E-state index in [1.165, 1.54) is 0 Å². The van der Waals surface area contributed by atoms with Crippen molar-refractivity contribution in [1.29, 1.82) is 0 Å². The van der Waals surface area contributed by atoms with Crippen LogP contribution < -0.4 is 15.2 Å². The Morgan fingerprint density at radius 3 is 2.08 bits per heavy atom. The van der Waals surface area contributed by atoms with Gasteiger partial charge in [-0.1, -0.05) is 12.1 Å². The third kappa shape index (κ3) is 9.90. The average molecular weight is 592 g/mol. The number of nitrogens with zero attached hydrogens (tertiary/aromatic N) is 3. The number of anilines is 1. The number of ether oxygens (including phenoxy) is 2. The molecule has 0 fully saturated rings. The van der Waals surface area contributed by atoms with Crippen LogP contribution in [0, 0.1) is 0 Å². The van der Waals surface area contributed by atoms with Crippen LogP contribution in [0.15, 0.2) is 54.7 Å². The molecule has 4 rings (SSSR count). The summed E-state index contributed by atoms with van der Waals surface area (Å²) in [7, 11) is 1.63. The molecule has 0 bridgehead atoms. The van der Waals surface area contributed by atoms with E-state index >= 15 is 0 Å². The van der Waals surface area contributed by atoms with E-state index in [1.807, 2.05) is 42.5 Å². The molecular formula is C23H18F6N4O6S. The predicted molar refractivity (Wildman–Crippen MR) is 130 cm³/mol. The molecule has 0 amide bonds. The van der Waals surface area contributed by atoms with Crippen molar-refractivity contribution >= 4 is 39.4 Å². The molecule has 2 aromatic heterocycles. The number of carboxylic acids is 2. The van der Waals surface area contributed by atoms with Gasteiger partial charge in [-0.15, -0.1) is 11.3 Å². The van der Waals surface area contributed by atoms with Crippen molar-refractivity contribution in [2.24, 2.45) is 0 Å². The molecule has 0 saturated heterocycles. The molecular weight excluding hydrogens is 574 g/mol. The van der Waals surface area contributed by atoms with Gasteiger partial charge < -0.3 is 25.4 Å². The highest BCUT2D eigenvalue weighted by atomic mass is 32.1. The summed E-state index contributed by atoms with van der Waals surface area (Å²) < 4.78 is 75.6. The molecule has 4 aromatic rings. The van der Waals surface area contributed by atoms with Crippen LogP contribution in [0.3, 0.4) is 0 Å². The number of alkyl halides is 6. The highest BCUT2D eigenvalue weighted by Crippen LogP contribution is 2.28. The largest absolute Gasteiger partial charge is 0.497 e. The number of methoxy groups -OCH3 is 1. The van der Waals surface area contributed by atoms with Gasteiger partial charge in [0.25, 0.3) is 0 Å². The predicted octanol–water partition coefficient (Wildman–Crippen LogP) is 5.19. The lowest BCUT2D eigenvalue weighted by Gasteiger charge is -2.05. The van der Waals surface area contributed by atoms with Gasteiger partial charge in [0, 0.05) is 17.8 Å². The SMILES string of the molecule is COc1cccc(OCc2nc3ccc(-c4ccnc(N)n4)cc3s2)c1.O=C(O)C(F)(F)F.O=C(O)C(F)(F)F. The summed E-state index contributed by atoms with van der Waals surface area (Å²) in [6.45, 7) is 0.405. The average Bonchev–Trinajstić information content (AvgIpc) is 3.29. The number of carbonyl (C=O) groups is 2. The first-order valence-electron chi connectivity index (χ1n) is 10.5. The standard InChI is InChI=1S/C19H16N4O2S.2C2HF3O2/c1-24-13-3-2-4-14(10-13)25-11-18-22-16-6-5-12(9-17(16)26-18)15-7-8-21-19(20)23-15;2*3-2(4,5)1(6)7/h2-10H,11H2,1H3,(H2,20,21,23);2*(H,6,7). The van der Waals surface area contributed by atoms with E-state index in [0.717, 1.165) is 38.0 Å². The first-order valence-corrected chi connectivity index (χ1v) is 11.3. The maximum absolute atomic E-state index is 10.6. The van der Waals surface area contributed by atoms with E-state index < -0.39 is 24.3 Å². The number of thiazole rings is 1. The minimum Gasteiger partial charge on any atom is -0.497 e. The van der Waals surface area contributed by atoms with Crippen LogP contribution in [0.1, 0.15) is 5.01 Å². The summed E-state index contributed by atoms with van der Waals surface area (Å²) in [5.41, 5.74) is 8.38. The van der Waals surface area contributed by atoms with Crippen molar-refractivity contribution in [3.05, 3.63) is 59.7 Å². The van der Waals surface area contributed by atoms with Crippen molar-refractivity contribution in [1.82, 2.24) is 15.0 Å². The van der Waals surface area contributed by atoms with Gasteiger partial charge in [0.15, 0.2) is 0 Å². The smallest absolute Gasteiger partial charge is 0.490 e. The van der Waals surface area contributed by atoms with E-state index in [2.05, 4.69) is 21.0 Å². The van der Waals surface area contributed by atoms with Crippen molar-refractivity contribution in [2.75, 3.05) is 12.8 Å². The molecule has 17 heteroatoms. The van der Waals surface area contributed by atoms with Crippen molar-refractivity contribution < 1.29 is 55.6 Å². The zero-order valence-electron chi connectivity index (χ0n) is 20.0. The van der Waals surface area contributed by atoms with E-state index in [1.54, 1.807) is 24.6 Å². The van der Waals surface area contributed by atoms with Crippen LogP contribution >= 0.6 is 11.3 Å². The maximum atomic E-state index is 10.6. The van der Waals surface area contributed by atoms with Gasteiger partial charge >= 0.3 is 24.3 Å². The zero-order chi connectivity index (χ0) is 30.1. The second-order valence-corrected chi connectivity index (χ2v) is 8.28. The first kappa shape index (κ1) is 31.5. The van der Waals surface area contributed by atoms with Crippen molar-refractivity contribution in [3.8, 4) is 22.8 Å². The number of hydrogen-bond acceptors (Lipinski definition) is 9. The van der Waals surface area contributed by atoms with Crippen LogP contribution in [-0.2, 0) is 16.2 Å². The highest BCUT2D eigenvalue weighted by molar-refractivity contribution is 7.18. The molecule has 0 aliphatic carbocycles. The Morgan fingerprint density at radius 2 is 1.52 bits per heavy atom. The number of halogens is 6. The Hall–Kier alpha value is -4.67. The van der Waals surface area contributed by atoms with Gasteiger partial charge in [-0.3, -0.25) is 0 Å². The number of nitrogens with two attached hydrogens (primary N) is 1. The molecule has 0 unspecified atom stereocenters. The summed E-state index contributed by atoms with van der Waals surface area (Å²) in [4.78, 5) is 30.6. The minimum atomic E-state index is -5.08. The molecule has 214 valence electrons. The van der Waals surface area contributed by atoms with Gasteiger partial charge in [-0.05, 0) is 30.3 Å². The highest BCUT2D eigenvalue weighted by Gasteiger charge is 2.38. The van der Waals surface area contributed by atoms with Gasteiger partial charge in [-0.25, -0.2) is 24.5 Å². The fourth-order valence-corrected chi connectivity index (χ4v) is 3.48. The molecule has 0 saturated carbocycles. The Balaban J connectivity index is 0.000000333. The molecule has 10 nitrogen and oxygen atoms in total. The Morgan fingerprint density at radius 1 is 0.925 bits per heavy atom. The zero-order valence-corrected chi connectivity index (χ0v) is 20.8. The molecule has 0 spiro atoms. The van der Waals surface area contributed by atoms with Crippen molar-refractivity contribution in [3.63, 3.8) is 0 Å². The number of nitrogen functional groups attached to an aromatic ring is 1. The van der Waals surface area contributed by atoms with Crippen molar-refractivity contribution in [2.45, 2.75) is 19.0 Å². The molecule has 40 heavy (non-hydrogen) atoms. The quantitative estimate of drug-likeness (QED) is 0.264. The summed E-state index contributed by atoms with van der Waals surface area (Å²) in [5.74, 6) is -3.74. The molecule has 0 radical (unpaired) electrons. The van der Waals surface area contributed by atoms with Gasteiger partial charge in [0.05, 0.1) is 23.0 Å². The topological polar surface area (TPSA) is 158 Å². The summed E-state index contributed by atoms with van der Waals surface area (Å²) in [6, 6.07) is 15.4.